The van der Waals surface area contributed by atoms with Gasteiger partial charge in [0.1, 0.15) is 6.04 Å². The normalized spacial score (nSPS) is 43.7. The second-order valence-corrected chi connectivity index (χ2v) is 12.0. The standard InChI is InChI=1S/C27H40N2O6/c1-26-10-8-17(28-35-15-24(32)29-14-18(30)13-22(29)25(33)34-3)12-16(26)4-5-19-20-6-7-23(31)27(20,2)11-9-21(19)26/h12,18-23,30-31H,4-11,13-15H2,1-3H3/b28-17-/t18-,19+,20+,21+,22-,23-,26+,27+/m1/s1. The van der Waals surface area contributed by atoms with Crippen LogP contribution >= 0.6 is 0 Å². The fraction of sp³-hybridized carbons (Fsp3) is 0.815. The fourth-order valence-electron chi connectivity index (χ4n) is 8.32. The number of hydrogen-bond donors (Lipinski definition) is 2. The fourth-order valence-corrected chi connectivity index (χ4v) is 8.32. The Morgan fingerprint density at radius 1 is 1.11 bits per heavy atom. The molecule has 1 heterocycles. The van der Waals surface area contributed by atoms with Gasteiger partial charge in [0, 0.05) is 13.0 Å². The van der Waals surface area contributed by atoms with Crippen LogP contribution in [0.1, 0.15) is 71.6 Å². The van der Waals surface area contributed by atoms with E-state index in [9.17, 15) is 19.8 Å². The first kappa shape index (κ1) is 24.8. The van der Waals surface area contributed by atoms with E-state index in [1.165, 1.54) is 30.4 Å². The van der Waals surface area contributed by atoms with Crippen molar-refractivity contribution in [1.82, 2.24) is 4.90 Å². The lowest BCUT2D eigenvalue weighted by Crippen LogP contribution is -2.51. The van der Waals surface area contributed by atoms with Crippen molar-refractivity contribution in [3.05, 3.63) is 11.6 Å². The van der Waals surface area contributed by atoms with Crippen molar-refractivity contribution >= 4 is 17.6 Å². The van der Waals surface area contributed by atoms with Gasteiger partial charge in [-0.05, 0) is 86.0 Å². The number of carbonyl (C=O) groups is 2. The Hall–Kier alpha value is -1.93. The van der Waals surface area contributed by atoms with E-state index in [1.54, 1.807) is 0 Å². The first-order valence-corrected chi connectivity index (χ1v) is 13.3. The SMILES string of the molecule is COC(=O)[C@H]1C[C@@H](O)CN1C(=O)CO/N=C1\C=C2CC[C@H]3[C@@H]4CC[C@@H](O)[C@@]4(C)CC[C@@H]3[C@@]2(C)CC1. The molecular weight excluding hydrogens is 448 g/mol. The van der Waals surface area contributed by atoms with Gasteiger partial charge in [0.25, 0.3) is 5.91 Å². The number of β-amino-alcohol motifs (C(OH)–C–C–N with tert-alkyl or cyclic N) is 1. The van der Waals surface area contributed by atoms with E-state index in [4.69, 9.17) is 9.57 Å². The Labute approximate surface area is 207 Å². The molecule has 1 amide bonds. The number of fused-ring (bicyclic) bond motifs is 5. The van der Waals surface area contributed by atoms with E-state index >= 15 is 0 Å². The maximum Gasteiger partial charge on any atom is 0.328 e. The number of ether oxygens (including phenoxy) is 1. The molecule has 194 valence electrons. The Morgan fingerprint density at radius 2 is 1.91 bits per heavy atom. The molecule has 4 fully saturated rings. The molecule has 0 spiro atoms. The van der Waals surface area contributed by atoms with Gasteiger partial charge in [-0.2, -0.15) is 0 Å². The van der Waals surface area contributed by atoms with Crippen molar-refractivity contribution in [3.8, 4) is 0 Å². The molecule has 0 aromatic heterocycles. The van der Waals surface area contributed by atoms with Crippen LogP contribution in [0.4, 0.5) is 0 Å². The molecule has 1 aliphatic heterocycles. The first-order valence-electron chi connectivity index (χ1n) is 13.3. The van der Waals surface area contributed by atoms with Crippen LogP contribution in [-0.4, -0.2) is 71.2 Å². The number of rotatable bonds is 4. The number of aliphatic hydroxyl groups excluding tert-OH is 2. The molecule has 2 N–H and O–H groups in total. The third kappa shape index (κ3) is 4.10. The third-order valence-corrected chi connectivity index (χ3v) is 10.4. The summed E-state index contributed by atoms with van der Waals surface area (Å²) in [6.07, 6.45) is 9.99. The van der Waals surface area contributed by atoms with Crippen LogP contribution in [0.2, 0.25) is 0 Å². The summed E-state index contributed by atoms with van der Waals surface area (Å²) in [6, 6.07) is -0.773. The smallest absolute Gasteiger partial charge is 0.328 e. The highest BCUT2D eigenvalue weighted by atomic mass is 16.6. The molecule has 8 atom stereocenters. The second-order valence-electron chi connectivity index (χ2n) is 12.0. The van der Waals surface area contributed by atoms with Gasteiger partial charge in [0.15, 0.2) is 6.61 Å². The van der Waals surface area contributed by atoms with Crippen molar-refractivity contribution in [1.29, 1.82) is 0 Å². The van der Waals surface area contributed by atoms with Crippen molar-refractivity contribution < 1.29 is 29.4 Å². The number of oxime groups is 1. The molecular formula is C27H40N2O6. The number of aliphatic hydroxyl groups is 2. The van der Waals surface area contributed by atoms with E-state index in [1.807, 2.05) is 0 Å². The lowest BCUT2D eigenvalue weighted by atomic mass is 9.47. The summed E-state index contributed by atoms with van der Waals surface area (Å²) in [7, 11) is 1.28. The van der Waals surface area contributed by atoms with Crippen LogP contribution in [0.3, 0.4) is 0 Å². The van der Waals surface area contributed by atoms with Crippen LogP contribution in [0.25, 0.3) is 0 Å². The number of amides is 1. The molecule has 0 unspecified atom stereocenters. The van der Waals surface area contributed by atoms with Gasteiger partial charge in [0.05, 0.1) is 25.0 Å². The molecule has 35 heavy (non-hydrogen) atoms. The summed E-state index contributed by atoms with van der Waals surface area (Å²) in [5.41, 5.74) is 2.59. The molecule has 5 aliphatic rings. The van der Waals surface area contributed by atoms with Crippen molar-refractivity contribution in [2.75, 3.05) is 20.3 Å². The summed E-state index contributed by atoms with van der Waals surface area (Å²) >= 11 is 0. The summed E-state index contributed by atoms with van der Waals surface area (Å²) in [5.74, 6) is 1.09. The Balaban J connectivity index is 1.23. The van der Waals surface area contributed by atoms with E-state index in [0.29, 0.717) is 17.8 Å². The van der Waals surface area contributed by atoms with Gasteiger partial charge >= 0.3 is 5.97 Å². The monoisotopic (exact) mass is 488 g/mol. The van der Waals surface area contributed by atoms with Gasteiger partial charge in [-0.25, -0.2) is 4.79 Å². The summed E-state index contributed by atoms with van der Waals surface area (Å²) in [5, 5.41) is 24.8. The summed E-state index contributed by atoms with van der Waals surface area (Å²) in [6.45, 7) is 4.58. The lowest BCUT2D eigenvalue weighted by Gasteiger charge is -2.57. The Morgan fingerprint density at radius 3 is 2.69 bits per heavy atom. The maximum absolute atomic E-state index is 12.6. The minimum absolute atomic E-state index is 0.0959. The Kier molecular flexibility index (Phi) is 6.49. The number of carbonyl (C=O) groups excluding carboxylic acids is 2. The van der Waals surface area contributed by atoms with E-state index in [-0.39, 0.29) is 42.4 Å². The van der Waals surface area contributed by atoms with Gasteiger partial charge in [0.2, 0.25) is 0 Å². The first-order chi connectivity index (χ1) is 16.7. The number of esters is 1. The van der Waals surface area contributed by atoms with Gasteiger partial charge in [-0.15, -0.1) is 0 Å². The number of nitrogens with zero attached hydrogens (tertiary/aromatic N) is 2. The minimum atomic E-state index is -0.773. The maximum atomic E-state index is 12.6. The zero-order valence-corrected chi connectivity index (χ0v) is 21.2. The quantitative estimate of drug-likeness (QED) is 0.465. The number of hydrogen-bond acceptors (Lipinski definition) is 7. The summed E-state index contributed by atoms with van der Waals surface area (Å²) in [4.78, 5) is 31.3. The molecule has 0 bridgehead atoms. The molecule has 1 saturated heterocycles. The van der Waals surface area contributed by atoms with Crippen LogP contribution in [0.15, 0.2) is 16.8 Å². The third-order valence-electron chi connectivity index (χ3n) is 10.4. The molecule has 4 aliphatic carbocycles. The van der Waals surface area contributed by atoms with E-state index in [0.717, 1.165) is 44.2 Å². The molecule has 3 saturated carbocycles. The van der Waals surface area contributed by atoms with Crippen LogP contribution in [0, 0.1) is 28.6 Å². The minimum Gasteiger partial charge on any atom is -0.467 e. The average Bonchev–Trinajstić information content (AvgIpc) is 3.38. The highest BCUT2D eigenvalue weighted by molar-refractivity contribution is 5.96. The van der Waals surface area contributed by atoms with Crippen LogP contribution < -0.4 is 0 Å². The predicted octanol–water partition coefficient (Wildman–Crippen LogP) is 2.82. The largest absolute Gasteiger partial charge is 0.467 e. The molecule has 5 rings (SSSR count). The molecule has 0 radical (unpaired) electrons. The zero-order valence-electron chi connectivity index (χ0n) is 21.2. The lowest BCUT2D eigenvalue weighted by molar-refractivity contribution is -0.152. The molecule has 8 nitrogen and oxygen atoms in total. The molecule has 0 aromatic carbocycles. The number of methoxy groups -OCH3 is 1. The van der Waals surface area contributed by atoms with E-state index in [2.05, 4.69) is 25.1 Å². The van der Waals surface area contributed by atoms with Crippen molar-refractivity contribution in [2.45, 2.75) is 89.9 Å². The van der Waals surface area contributed by atoms with Gasteiger partial charge in [-0.3, -0.25) is 4.79 Å². The summed E-state index contributed by atoms with van der Waals surface area (Å²) < 4.78 is 4.76. The van der Waals surface area contributed by atoms with Gasteiger partial charge < -0.3 is 24.7 Å². The average molecular weight is 489 g/mol. The number of allylic oxidation sites excluding steroid dienone is 2. The Bertz CT molecular complexity index is 933. The molecule has 8 heteroatoms. The van der Waals surface area contributed by atoms with Crippen molar-refractivity contribution in [2.24, 2.45) is 33.7 Å². The topological polar surface area (TPSA) is 109 Å². The van der Waals surface area contributed by atoms with E-state index < -0.39 is 18.1 Å². The van der Waals surface area contributed by atoms with Gasteiger partial charge in [-0.1, -0.05) is 24.6 Å². The predicted molar refractivity (Wildman–Crippen MR) is 129 cm³/mol. The van der Waals surface area contributed by atoms with Crippen LogP contribution in [0.5, 0.6) is 0 Å². The van der Waals surface area contributed by atoms with Crippen molar-refractivity contribution in [3.63, 3.8) is 0 Å². The van der Waals surface area contributed by atoms with Crippen LogP contribution in [-0.2, 0) is 19.2 Å². The highest BCUT2D eigenvalue weighted by Gasteiger charge is 2.58. The number of likely N-dealkylation sites (tertiary alicyclic amines) is 1. The zero-order chi connectivity index (χ0) is 25.0. The molecule has 0 aromatic rings. The second kappa shape index (κ2) is 9.18. The highest BCUT2D eigenvalue weighted by Crippen LogP contribution is 2.65.